The van der Waals surface area contributed by atoms with Crippen molar-refractivity contribution in [2.24, 2.45) is 5.92 Å². The van der Waals surface area contributed by atoms with Crippen LogP contribution in [0.5, 0.6) is 0 Å². The Bertz CT molecular complexity index is 861. The first-order valence-electron chi connectivity index (χ1n) is 9.63. The molecular weight excluding hydrogens is 500 g/mol. The lowest BCUT2D eigenvalue weighted by Gasteiger charge is -2.38. The minimum Gasteiger partial charge on any atom is -0.449 e. The minimum atomic E-state index is -4.65. The monoisotopic (exact) mass is 519 g/mol. The van der Waals surface area contributed by atoms with Gasteiger partial charge >= 0.3 is 35.4 Å². The average Bonchev–Trinajstić information content (AvgIpc) is 2.75. The molecule has 190 valence electrons. The van der Waals surface area contributed by atoms with Gasteiger partial charge in [0.15, 0.2) is 13.2 Å². The van der Waals surface area contributed by atoms with Crippen LogP contribution in [0.1, 0.15) is 31.4 Å². The summed E-state index contributed by atoms with van der Waals surface area (Å²) in [6.45, 7) is -1.19. The molecule has 0 aromatic heterocycles. The summed E-state index contributed by atoms with van der Waals surface area (Å²) in [5, 5.41) is -1.57. The third-order valence-electron chi connectivity index (χ3n) is 4.38. The van der Waals surface area contributed by atoms with Crippen LogP contribution in [-0.4, -0.2) is 60.1 Å². The van der Waals surface area contributed by atoms with Crippen molar-refractivity contribution in [2.45, 2.75) is 38.2 Å². The lowest BCUT2D eigenvalue weighted by Crippen LogP contribution is -2.45. The van der Waals surface area contributed by atoms with Crippen LogP contribution >= 0.6 is 11.6 Å². The molecule has 1 fully saturated rings. The molecule has 34 heavy (non-hydrogen) atoms. The third-order valence-corrected chi connectivity index (χ3v) is 4.53. The molecule has 0 radical (unpaired) electrons. The maximum Gasteiger partial charge on any atom is 0.422 e. The van der Waals surface area contributed by atoms with Crippen molar-refractivity contribution in [2.75, 3.05) is 19.8 Å². The Morgan fingerprint density at radius 1 is 0.941 bits per heavy atom. The lowest BCUT2D eigenvalue weighted by molar-refractivity contribution is -0.190. The summed E-state index contributed by atoms with van der Waals surface area (Å²) in [4.78, 5) is 44.9. The fraction of sp³-hybridized carbons (Fsp3) is 0.500. The van der Waals surface area contributed by atoms with Gasteiger partial charge in [0.05, 0.1) is 6.04 Å². The van der Waals surface area contributed by atoms with Crippen molar-refractivity contribution in [3.05, 3.63) is 35.9 Å². The molecule has 2 rings (SSSR count). The van der Waals surface area contributed by atoms with E-state index in [4.69, 9.17) is 0 Å². The zero-order valence-electron chi connectivity index (χ0n) is 17.6. The van der Waals surface area contributed by atoms with Crippen LogP contribution in [0.4, 0.5) is 26.3 Å². The van der Waals surface area contributed by atoms with Crippen LogP contribution < -0.4 is 0 Å². The highest BCUT2D eigenvalue weighted by Crippen LogP contribution is 2.34. The molecule has 0 spiro atoms. The van der Waals surface area contributed by atoms with E-state index in [2.05, 4.69) is 21.1 Å². The van der Waals surface area contributed by atoms with Gasteiger partial charge in [-0.15, -0.1) is 0 Å². The van der Waals surface area contributed by atoms with Crippen LogP contribution in [0.3, 0.4) is 0 Å². The van der Waals surface area contributed by atoms with E-state index in [1.54, 1.807) is 0 Å². The number of ether oxygens (including phenoxy) is 2. The number of hydrogen-bond donors (Lipinski definition) is 0. The highest BCUT2D eigenvalue weighted by atomic mass is 35.5. The summed E-state index contributed by atoms with van der Waals surface area (Å²) in [5.74, 6) is -3.83. The molecule has 7 nitrogen and oxygen atoms in total. The van der Waals surface area contributed by atoms with Crippen LogP contribution in [-0.2, 0) is 28.7 Å². The first kappa shape index (κ1) is 29.2. The molecule has 1 heterocycles. The number of rotatable bonds is 4. The molecule has 0 N–H and O–H groups in total. The third kappa shape index (κ3) is 10.9. The molecular formula is C20H20ClF6NO6. The molecule has 1 saturated heterocycles. The fourth-order valence-electron chi connectivity index (χ4n) is 2.91. The molecule has 1 aromatic carbocycles. The first-order chi connectivity index (χ1) is 15.6. The predicted molar refractivity (Wildman–Crippen MR) is 104 cm³/mol. The smallest absolute Gasteiger partial charge is 0.422 e. The van der Waals surface area contributed by atoms with Gasteiger partial charge in [-0.3, -0.25) is 9.59 Å². The number of piperidine rings is 1. The van der Waals surface area contributed by atoms with Gasteiger partial charge in [0.2, 0.25) is 0 Å². The van der Waals surface area contributed by atoms with Crippen LogP contribution in [0.2, 0.25) is 0 Å². The highest BCUT2D eigenvalue weighted by molar-refractivity contribution is 6.80. The maximum absolute atomic E-state index is 12.2. The Kier molecular flexibility index (Phi) is 10.8. The Labute approximate surface area is 194 Å². The van der Waals surface area contributed by atoms with Crippen molar-refractivity contribution in [1.82, 2.24) is 4.90 Å². The summed E-state index contributed by atoms with van der Waals surface area (Å²) in [6.07, 6.45) is -7.93. The quantitative estimate of drug-likeness (QED) is 0.259. The van der Waals surface area contributed by atoms with Crippen molar-refractivity contribution in [3.8, 4) is 0 Å². The Balaban J connectivity index is 0.000000445. The number of hydrogen-bond acceptors (Lipinski definition) is 6. The van der Waals surface area contributed by atoms with E-state index in [1.165, 1.54) is 4.90 Å². The summed E-state index contributed by atoms with van der Waals surface area (Å²) in [6, 6.07) is 8.82. The minimum absolute atomic E-state index is 0.320. The molecule has 0 aliphatic carbocycles. The van der Waals surface area contributed by atoms with Gasteiger partial charge in [-0.2, -0.15) is 26.3 Å². The van der Waals surface area contributed by atoms with E-state index in [0.717, 1.165) is 5.56 Å². The number of halogens is 7. The van der Waals surface area contributed by atoms with Gasteiger partial charge in [-0.05, 0) is 35.9 Å². The van der Waals surface area contributed by atoms with E-state index in [0.29, 0.717) is 25.3 Å². The van der Waals surface area contributed by atoms with Crippen LogP contribution in [0.25, 0.3) is 0 Å². The summed E-state index contributed by atoms with van der Waals surface area (Å²) in [5.41, 5.74) is 0.857. The second-order valence-electron chi connectivity index (χ2n) is 7.21. The molecule has 0 unspecified atom stereocenters. The van der Waals surface area contributed by atoms with Gasteiger partial charge < -0.3 is 14.4 Å². The van der Waals surface area contributed by atoms with Crippen LogP contribution in [0, 0.1) is 5.92 Å². The van der Waals surface area contributed by atoms with Gasteiger partial charge in [-0.25, -0.2) is 9.59 Å². The van der Waals surface area contributed by atoms with E-state index >= 15 is 0 Å². The number of amides is 1. The second kappa shape index (κ2) is 12.6. The number of esters is 2. The zero-order valence-corrected chi connectivity index (χ0v) is 18.4. The second-order valence-corrected chi connectivity index (χ2v) is 7.55. The molecule has 1 aliphatic rings. The van der Waals surface area contributed by atoms with E-state index in [9.17, 15) is 45.5 Å². The Hall–Kier alpha value is -2.83. The summed E-state index contributed by atoms with van der Waals surface area (Å²) >= 11 is 4.48. The number of likely N-dealkylation sites (tertiary alicyclic amines) is 1. The first-order valence-corrected chi connectivity index (χ1v) is 10.0. The molecule has 0 bridgehead atoms. The molecule has 2 atom stereocenters. The van der Waals surface area contributed by atoms with Gasteiger partial charge in [-0.1, -0.05) is 37.3 Å². The normalized spacial score (nSPS) is 18.3. The van der Waals surface area contributed by atoms with Crippen molar-refractivity contribution >= 4 is 34.7 Å². The molecule has 1 amide bonds. The number of carbonyl (C=O) groups is 4. The topological polar surface area (TPSA) is 90.0 Å². The van der Waals surface area contributed by atoms with Crippen molar-refractivity contribution in [3.63, 3.8) is 0 Å². The van der Waals surface area contributed by atoms with E-state index in [1.807, 2.05) is 37.3 Å². The highest BCUT2D eigenvalue weighted by Gasteiger charge is 2.37. The number of alkyl halides is 6. The van der Waals surface area contributed by atoms with E-state index < -0.39 is 48.7 Å². The summed E-state index contributed by atoms with van der Waals surface area (Å²) in [7, 11) is 0. The van der Waals surface area contributed by atoms with Crippen LogP contribution in [0.15, 0.2) is 30.3 Å². The Morgan fingerprint density at radius 3 is 1.91 bits per heavy atom. The standard InChI is InChI=1S/C16H18F3NO3.C4H2ClF3O3/c1-11-7-8-20(13(9-11)12-5-3-2-4-6-12)14(21)15(22)23-10-16(17,18)19;5-2(9)3(10)11-1-4(6,7)8/h2-6,11,13H,7-10H2,1H3;1H2/t11-,13+;/m0./s1. The number of carbonyl (C=O) groups excluding carboxylic acids is 4. The largest absolute Gasteiger partial charge is 0.449 e. The van der Waals surface area contributed by atoms with Crippen molar-refractivity contribution < 1.29 is 55.0 Å². The molecule has 0 saturated carbocycles. The fourth-order valence-corrected chi connectivity index (χ4v) is 2.96. The number of benzene rings is 1. The predicted octanol–water partition coefficient (Wildman–Crippen LogP) is 3.95. The maximum atomic E-state index is 12.2. The zero-order chi connectivity index (χ0) is 26.1. The number of nitrogens with zero attached hydrogens (tertiary/aromatic N) is 1. The van der Waals surface area contributed by atoms with Gasteiger partial charge in [0.25, 0.3) is 0 Å². The summed E-state index contributed by atoms with van der Waals surface area (Å²) < 4.78 is 77.6. The molecule has 14 heteroatoms. The molecule has 1 aliphatic heterocycles. The Morgan fingerprint density at radius 2 is 1.44 bits per heavy atom. The SMILES string of the molecule is C[C@H]1CCN(C(=O)C(=O)OCC(F)(F)F)[C@@H](c2ccccc2)C1.O=C(Cl)C(=O)OCC(F)(F)F. The van der Waals surface area contributed by atoms with Gasteiger partial charge in [0.1, 0.15) is 0 Å². The molecule has 1 aromatic rings. The van der Waals surface area contributed by atoms with E-state index in [-0.39, 0.29) is 6.04 Å². The van der Waals surface area contributed by atoms with Gasteiger partial charge in [0, 0.05) is 6.54 Å². The van der Waals surface area contributed by atoms with Crippen molar-refractivity contribution in [1.29, 1.82) is 0 Å². The lowest BCUT2D eigenvalue weighted by atomic mass is 9.88. The average molecular weight is 520 g/mol.